The Bertz CT molecular complexity index is 734. The van der Waals surface area contributed by atoms with Crippen molar-refractivity contribution in [2.75, 3.05) is 5.32 Å². The monoisotopic (exact) mass is 325 g/mol. The summed E-state index contributed by atoms with van der Waals surface area (Å²) in [6.07, 6.45) is 7.93. The van der Waals surface area contributed by atoms with Gasteiger partial charge in [0.2, 0.25) is 11.9 Å². The molecule has 0 atom stereocenters. The maximum atomic E-state index is 11.9. The lowest BCUT2D eigenvalue weighted by atomic mass is 10.2. The first-order valence-electron chi connectivity index (χ1n) is 7.48. The summed E-state index contributed by atoms with van der Waals surface area (Å²) in [5.41, 5.74) is 1.02. The predicted octanol–water partition coefficient (Wildman–Crippen LogP) is 1.67. The van der Waals surface area contributed by atoms with Gasteiger partial charge in [0.15, 0.2) is 0 Å². The maximum Gasteiger partial charge on any atom is 0.250 e. The third-order valence-corrected chi connectivity index (χ3v) is 2.96. The number of benzene rings is 1. The lowest BCUT2D eigenvalue weighted by Crippen LogP contribution is -2.27. The zero-order valence-electron chi connectivity index (χ0n) is 13.3. The number of hydrogen-bond donors (Lipinski definition) is 2. The molecule has 0 radical (unpaired) electrons. The van der Waals surface area contributed by atoms with E-state index in [0.717, 1.165) is 5.56 Å². The van der Waals surface area contributed by atoms with Crippen LogP contribution in [0.4, 0.5) is 5.95 Å². The zero-order valence-corrected chi connectivity index (χ0v) is 13.3. The van der Waals surface area contributed by atoms with E-state index in [2.05, 4.69) is 20.7 Å². The van der Waals surface area contributed by atoms with E-state index in [0.29, 0.717) is 6.54 Å². The number of aromatic nitrogens is 3. The summed E-state index contributed by atoms with van der Waals surface area (Å²) >= 11 is 0. The first-order valence-corrected chi connectivity index (χ1v) is 7.48. The van der Waals surface area contributed by atoms with Crippen molar-refractivity contribution >= 4 is 17.8 Å². The molecular formula is C17H19N5O2. The molecule has 7 nitrogen and oxygen atoms in total. The third kappa shape index (κ3) is 5.88. The van der Waals surface area contributed by atoms with Crippen LogP contribution in [-0.2, 0) is 22.7 Å². The molecule has 0 saturated heterocycles. The summed E-state index contributed by atoms with van der Waals surface area (Å²) in [6.45, 7) is 2.34. The van der Waals surface area contributed by atoms with Crippen molar-refractivity contribution in [1.29, 1.82) is 0 Å². The topological polar surface area (TPSA) is 88.9 Å². The maximum absolute atomic E-state index is 11.9. The van der Waals surface area contributed by atoms with E-state index < -0.39 is 0 Å². The molecule has 1 heterocycles. The first-order chi connectivity index (χ1) is 11.7. The molecule has 0 unspecified atom stereocenters. The first kappa shape index (κ1) is 17.1. The molecule has 0 aliphatic rings. The van der Waals surface area contributed by atoms with Crippen molar-refractivity contribution in [3.8, 4) is 0 Å². The summed E-state index contributed by atoms with van der Waals surface area (Å²) in [5, 5.41) is 9.35. The molecule has 1 aromatic heterocycles. The Morgan fingerprint density at radius 3 is 2.75 bits per heavy atom. The highest BCUT2D eigenvalue weighted by molar-refractivity contribution is 5.98. The van der Waals surface area contributed by atoms with Crippen LogP contribution in [-0.4, -0.2) is 26.6 Å². The van der Waals surface area contributed by atoms with Crippen molar-refractivity contribution in [3.63, 3.8) is 0 Å². The lowest BCUT2D eigenvalue weighted by molar-refractivity contribution is -0.122. The molecule has 0 spiro atoms. The van der Waals surface area contributed by atoms with Gasteiger partial charge in [-0.1, -0.05) is 48.6 Å². The SMILES string of the molecule is CC=CC=CC(=O)Nc1ncn(CC(=O)NCc2ccccc2)n1. The lowest BCUT2D eigenvalue weighted by Gasteiger charge is -2.04. The Hall–Kier alpha value is -3.22. The fraction of sp³-hybridized carbons (Fsp3) is 0.176. The van der Waals surface area contributed by atoms with E-state index in [1.807, 2.05) is 43.3 Å². The smallest absolute Gasteiger partial charge is 0.250 e. The summed E-state index contributed by atoms with van der Waals surface area (Å²) in [7, 11) is 0. The molecule has 0 saturated carbocycles. The van der Waals surface area contributed by atoms with Crippen LogP contribution in [0.5, 0.6) is 0 Å². The molecule has 124 valence electrons. The second-order valence-corrected chi connectivity index (χ2v) is 4.90. The molecule has 2 N–H and O–H groups in total. The van der Waals surface area contributed by atoms with E-state index in [9.17, 15) is 9.59 Å². The van der Waals surface area contributed by atoms with E-state index in [-0.39, 0.29) is 24.3 Å². The number of rotatable bonds is 7. The van der Waals surface area contributed by atoms with Gasteiger partial charge in [0, 0.05) is 12.6 Å². The number of carbonyl (C=O) groups excluding carboxylic acids is 2. The molecule has 0 aliphatic carbocycles. The van der Waals surface area contributed by atoms with Crippen LogP contribution in [0.1, 0.15) is 12.5 Å². The van der Waals surface area contributed by atoms with Crippen LogP contribution in [0.2, 0.25) is 0 Å². The average Bonchev–Trinajstić information content (AvgIpc) is 3.01. The van der Waals surface area contributed by atoms with Gasteiger partial charge in [-0.25, -0.2) is 9.67 Å². The van der Waals surface area contributed by atoms with Crippen LogP contribution in [0.15, 0.2) is 61.0 Å². The van der Waals surface area contributed by atoms with Gasteiger partial charge in [-0.15, -0.1) is 5.10 Å². The van der Waals surface area contributed by atoms with Gasteiger partial charge in [-0.3, -0.25) is 14.9 Å². The molecule has 2 aromatic rings. The Balaban J connectivity index is 1.80. The van der Waals surface area contributed by atoms with Gasteiger partial charge < -0.3 is 5.32 Å². The van der Waals surface area contributed by atoms with Crippen LogP contribution in [0, 0.1) is 0 Å². The van der Waals surface area contributed by atoms with Gasteiger partial charge in [0.05, 0.1) is 0 Å². The van der Waals surface area contributed by atoms with Crippen molar-refractivity contribution < 1.29 is 9.59 Å². The second-order valence-electron chi connectivity index (χ2n) is 4.90. The molecule has 2 amide bonds. The quantitative estimate of drug-likeness (QED) is 0.598. The molecule has 0 aliphatic heterocycles. The number of amides is 2. The van der Waals surface area contributed by atoms with Gasteiger partial charge in [-0.2, -0.15) is 0 Å². The molecule has 24 heavy (non-hydrogen) atoms. The summed E-state index contributed by atoms with van der Waals surface area (Å²) in [4.78, 5) is 27.4. The van der Waals surface area contributed by atoms with Crippen LogP contribution >= 0.6 is 0 Å². The van der Waals surface area contributed by atoms with Crippen LogP contribution in [0.25, 0.3) is 0 Å². The number of anilines is 1. The highest BCUT2D eigenvalue weighted by atomic mass is 16.2. The number of hydrogen-bond acceptors (Lipinski definition) is 4. The van der Waals surface area contributed by atoms with Crippen LogP contribution in [0.3, 0.4) is 0 Å². The Morgan fingerprint density at radius 1 is 1.21 bits per heavy atom. The minimum absolute atomic E-state index is 0.0319. The van der Waals surface area contributed by atoms with E-state index in [1.165, 1.54) is 17.1 Å². The van der Waals surface area contributed by atoms with E-state index in [1.54, 1.807) is 12.2 Å². The highest BCUT2D eigenvalue weighted by Crippen LogP contribution is 1.99. The van der Waals surface area contributed by atoms with E-state index in [4.69, 9.17) is 0 Å². The third-order valence-electron chi connectivity index (χ3n) is 2.96. The Kier molecular flexibility index (Phi) is 6.46. The fourth-order valence-corrected chi connectivity index (χ4v) is 1.83. The van der Waals surface area contributed by atoms with Gasteiger partial charge >= 0.3 is 0 Å². The zero-order chi connectivity index (χ0) is 17.2. The van der Waals surface area contributed by atoms with Crippen molar-refractivity contribution in [2.45, 2.75) is 20.0 Å². The fourth-order valence-electron chi connectivity index (χ4n) is 1.83. The van der Waals surface area contributed by atoms with Gasteiger partial charge in [0.1, 0.15) is 12.9 Å². The normalized spacial score (nSPS) is 11.0. The van der Waals surface area contributed by atoms with Gasteiger partial charge in [-0.05, 0) is 12.5 Å². The molecule has 0 bridgehead atoms. The summed E-state index contributed by atoms with van der Waals surface area (Å²) < 4.78 is 1.37. The van der Waals surface area contributed by atoms with Crippen molar-refractivity contribution in [1.82, 2.24) is 20.1 Å². The molecule has 1 aromatic carbocycles. The molecule has 7 heteroatoms. The van der Waals surface area contributed by atoms with Crippen LogP contribution < -0.4 is 10.6 Å². The highest BCUT2D eigenvalue weighted by Gasteiger charge is 2.07. The number of nitrogens with one attached hydrogen (secondary N) is 2. The number of allylic oxidation sites excluding steroid dienone is 3. The Labute approximate surface area is 140 Å². The summed E-state index contributed by atoms with van der Waals surface area (Å²) in [5.74, 6) is -0.366. The van der Waals surface area contributed by atoms with Crippen molar-refractivity contribution in [3.05, 3.63) is 66.5 Å². The van der Waals surface area contributed by atoms with Crippen molar-refractivity contribution in [2.24, 2.45) is 0 Å². The minimum atomic E-state index is -0.334. The largest absolute Gasteiger partial charge is 0.350 e. The average molecular weight is 325 g/mol. The summed E-state index contributed by atoms with van der Waals surface area (Å²) in [6, 6.07) is 9.62. The standard InChI is InChI=1S/C17H19N5O2/c1-2-3-5-10-15(23)20-17-19-13-22(21-17)12-16(24)18-11-14-8-6-4-7-9-14/h2-10,13H,11-12H2,1H3,(H,18,24)(H,20,21,23). The molecular weight excluding hydrogens is 306 g/mol. The Morgan fingerprint density at radius 2 is 2.00 bits per heavy atom. The molecule has 0 fully saturated rings. The minimum Gasteiger partial charge on any atom is -0.350 e. The van der Waals surface area contributed by atoms with Gasteiger partial charge in [0.25, 0.3) is 5.91 Å². The number of nitrogens with zero attached hydrogens (tertiary/aromatic N) is 3. The van der Waals surface area contributed by atoms with E-state index >= 15 is 0 Å². The molecule has 2 rings (SSSR count). The number of carbonyl (C=O) groups is 2. The second kappa shape index (κ2) is 9.04. The predicted molar refractivity (Wildman–Crippen MR) is 90.9 cm³/mol.